The molecule has 2 saturated heterocycles. The summed E-state index contributed by atoms with van der Waals surface area (Å²) in [5, 5.41) is 12.1. The Morgan fingerprint density at radius 2 is 1.65 bits per heavy atom. The molecule has 2 aromatic heterocycles. The Morgan fingerprint density at radius 1 is 0.926 bits per heavy atom. The van der Waals surface area contributed by atoms with Crippen molar-refractivity contribution in [2.75, 3.05) is 37.7 Å². The summed E-state index contributed by atoms with van der Waals surface area (Å²) < 4.78 is 20.8. The predicted octanol–water partition coefficient (Wildman–Crippen LogP) is 6.65. The van der Waals surface area contributed by atoms with E-state index >= 15 is 0 Å². The first-order valence-electron chi connectivity index (χ1n) is 19.0. The van der Waals surface area contributed by atoms with Crippen LogP contribution in [0.1, 0.15) is 76.5 Å². The van der Waals surface area contributed by atoms with E-state index in [1.807, 2.05) is 42.3 Å². The summed E-state index contributed by atoms with van der Waals surface area (Å²) in [6, 6.07) is 16.7. The van der Waals surface area contributed by atoms with Gasteiger partial charge in [-0.2, -0.15) is 11.8 Å². The number of thiazole rings is 1. The Labute approximate surface area is 325 Å². The van der Waals surface area contributed by atoms with Gasteiger partial charge in [0.05, 0.1) is 6.20 Å². The number of amides is 2. The third-order valence-electron chi connectivity index (χ3n) is 10.3. The Morgan fingerprint density at radius 3 is 2.35 bits per heavy atom. The van der Waals surface area contributed by atoms with Crippen molar-refractivity contribution in [3.63, 3.8) is 0 Å². The number of thioether (sulfide) groups is 1. The molecule has 13 heteroatoms. The molecule has 7 rings (SSSR count). The van der Waals surface area contributed by atoms with Crippen molar-refractivity contribution in [2.45, 2.75) is 83.7 Å². The van der Waals surface area contributed by atoms with E-state index in [2.05, 4.69) is 73.8 Å². The number of benzene rings is 2. The van der Waals surface area contributed by atoms with Crippen LogP contribution < -0.4 is 20.7 Å². The molecule has 0 bridgehead atoms. The Bertz CT molecular complexity index is 1920. The zero-order chi connectivity index (χ0) is 37.6. The summed E-state index contributed by atoms with van der Waals surface area (Å²) >= 11 is 3.34. The molecule has 2 aromatic carbocycles. The van der Waals surface area contributed by atoms with Crippen molar-refractivity contribution in [3.8, 4) is 22.8 Å². The minimum atomic E-state index is -0.615. The summed E-state index contributed by atoms with van der Waals surface area (Å²) in [6.07, 6.45) is 3.86. The topological polar surface area (TPSA) is 112 Å². The molecule has 286 valence electrons. The van der Waals surface area contributed by atoms with E-state index in [9.17, 15) is 14.0 Å². The predicted molar refractivity (Wildman–Crippen MR) is 214 cm³/mol. The molecule has 2 amide bonds. The van der Waals surface area contributed by atoms with E-state index in [1.165, 1.54) is 28.5 Å². The average Bonchev–Trinajstić information content (AvgIpc) is 3.60. The number of nitrogens with one attached hydrogen (secondary N) is 3. The number of piperazine rings is 1. The summed E-state index contributed by atoms with van der Waals surface area (Å²) in [5.41, 5.74) is 5.60. The molecular weight excluding hydrogens is 722 g/mol. The first-order valence-corrected chi connectivity index (χ1v) is 21.1. The van der Waals surface area contributed by atoms with Gasteiger partial charge in [-0.3, -0.25) is 19.4 Å². The monoisotopic (exact) mass is 771 g/mol. The number of carbonyl (C=O) groups excluding carboxylic acids is 2. The van der Waals surface area contributed by atoms with Gasteiger partial charge in [-0.1, -0.05) is 30.3 Å². The lowest BCUT2D eigenvalue weighted by Crippen LogP contribution is -2.53. The number of carbonyl (C=O) groups is 2. The summed E-state index contributed by atoms with van der Waals surface area (Å²) in [7, 11) is 0. The third kappa shape index (κ3) is 10.0. The summed E-state index contributed by atoms with van der Waals surface area (Å²) in [4.78, 5) is 39.7. The van der Waals surface area contributed by atoms with Crippen molar-refractivity contribution in [3.05, 3.63) is 93.3 Å². The highest BCUT2D eigenvalue weighted by atomic mass is 32.2. The van der Waals surface area contributed by atoms with E-state index in [-0.39, 0.29) is 29.4 Å². The van der Waals surface area contributed by atoms with E-state index in [0.29, 0.717) is 48.5 Å². The van der Waals surface area contributed by atoms with Gasteiger partial charge in [-0.15, -0.1) is 11.3 Å². The van der Waals surface area contributed by atoms with Crippen LogP contribution in [-0.4, -0.2) is 93.4 Å². The first-order chi connectivity index (χ1) is 26.1. The molecule has 54 heavy (non-hydrogen) atoms. The highest BCUT2D eigenvalue weighted by Crippen LogP contribution is 2.33. The fourth-order valence-electron chi connectivity index (χ4n) is 7.85. The van der Waals surface area contributed by atoms with Crippen LogP contribution in [0.25, 0.3) is 11.1 Å². The Balaban J connectivity index is 1.04. The maximum atomic E-state index is 14.5. The minimum absolute atomic E-state index is 0.00675. The van der Waals surface area contributed by atoms with Crippen molar-refractivity contribution >= 4 is 34.9 Å². The number of pyridine rings is 1. The molecule has 1 aliphatic carbocycles. The van der Waals surface area contributed by atoms with E-state index in [0.717, 1.165) is 73.8 Å². The maximum absolute atomic E-state index is 14.5. The molecule has 3 aliphatic rings. The molecule has 0 spiro atoms. The van der Waals surface area contributed by atoms with Gasteiger partial charge in [-0.25, -0.2) is 14.4 Å². The number of aromatic nitrogens is 2. The van der Waals surface area contributed by atoms with Crippen LogP contribution >= 0.6 is 23.1 Å². The fraction of sp³-hybridized carbons (Fsp3) is 0.463. The van der Waals surface area contributed by atoms with Crippen LogP contribution in [-0.2, 0) is 13.1 Å². The average molecular weight is 772 g/mol. The van der Waals surface area contributed by atoms with Gasteiger partial charge in [0.15, 0.2) is 5.01 Å². The second-order valence-corrected chi connectivity index (χ2v) is 17.1. The zero-order valence-corrected chi connectivity index (χ0v) is 32.9. The fourth-order valence-corrected chi connectivity index (χ4v) is 9.52. The molecule has 4 aromatic rings. The summed E-state index contributed by atoms with van der Waals surface area (Å²) in [6.45, 7) is 12.3. The lowest BCUT2D eigenvalue weighted by Gasteiger charge is -2.36. The number of halogens is 1. The van der Waals surface area contributed by atoms with Crippen molar-refractivity contribution in [1.29, 1.82) is 0 Å². The number of aryl methyl sites for hydroxylation is 1. The van der Waals surface area contributed by atoms with Crippen LogP contribution in [0.3, 0.4) is 0 Å². The van der Waals surface area contributed by atoms with Gasteiger partial charge in [0.1, 0.15) is 17.1 Å². The Hall–Kier alpha value is -3.88. The molecule has 10 nitrogen and oxygen atoms in total. The molecule has 3 N–H and O–H groups in total. The van der Waals surface area contributed by atoms with Gasteiger partial charge in [0.2, 0.25) is 5.88 Å². The molecule has 1 saturated carbocycles. The normalized spacial score (nSPS) is 22.4. The standard InChI is InChI=1S/C41H50FN7O3S2/c1-26-21-49(22-27(2)44-26)23-29-7-12-36(31(17-29)24-48-13-15-53-16-14-48)30-5-4-6-35(18-30)52-40-37(19-32(42)20-43-40)38(50)46-33-8-10-34(11-9-33)47-39(51)41-45-28(3)25-54-41/h4-7,12,17-20,25-27,33-34,44H,8-11,13-16,21-24H2,1-3H3,(H,46,50)(H,47,51)/t26-,27+,33-,34+. The van der Waals surface area contributed by atoms with Crippen molar-refractivity contribution < 1.29 is 18.7 Å². The first kappa shape index (κ1) is 38.4. The molecular formula is C41H50FN7O3S2. The highest BCUT2D eigenvalue weighted by molar-refractivity contribution is 7.99. The maximum Gasteiger partial charge on any atom is 0.280 e. The second-order valence-electron chi connectivity index (χ2n) is 15.0. The number of hydrogen-bond donors (Lipinski definition) is 3. The SMILES string of the molecule is Cc1csc(C(=O)N[C@H]2CC[C@@H](NC(=O)c3cc(F)cnc3Oc3cccc(-c4ccc(CN5C[C@@H](C)N[C@@H](C)C5)cc4CN4CCSCC4)c3)CC2)n1. The molecule has 2 aliphatic heterocycles. The van der Waals surface area contributed by atoms with Crippen LogP contribution in [0.15, 0.2) is 60.1 Å². The molecule has 4 heterocycles. The van der Waals surface area contributed by atoms with Crippen LogP contribution in [0.2, 0.25) is 0 Å². The van der Waals surface area contributed by atoms with Crippen LogP contribution in [0.4, 0.5) is 4.39 Å². The molecule has 2 atom stereocenters. The lowest BCUT2D eigenvalue weighted by atomic mass is 9.91. The van der Waals surface area contributed by atoms with Gasteiger partial charge in [0, 0.05) is 86.0 Å². The van der Waals surface area contributed by atoms with Gasteiger partial charge in [-0.05, 0) is 86.9 Å². The second kappa shape index (κ2) is 17.7. The van der Waals surface area contributed by atoms with E-state index < -0.39 is 11.7 Å². The number of nitrogens with zero attached hydrogens (tertiary/aromatic N) is 4. The van der Waals surface area contributed by atoms with Crippen LogP contribution in [0, 0.1) is 12.7 Å². The van der Waals surface area contributed by atoms with Gasteiger partial charge in [0.25, 0.3) is 11.8 Å². The van der Waals surface area contributed by atoms with Gasteiger partial charge < -0.3 is 20.7 Å². The van der Waals surface area contributed by atoms with Gasteiger partial charge >= 0.3 is 0 Å². The molecule has 3 fully saturated rings. The number of ether oxygens (including phenoxy) is 1. The third-order valence-corrected chi connectivity index (χ3v) is 12.2. The minimum Gasteiger partial charge on any atom is -0.438 e. The Kier molecular flexibility index (Phi) is 12.6. The van der Waals surface area contributed by atoms with E-state index in [4.69, 9.17) is 4.74 Å². The molecule has 0 unspecified atom stereocenters. The van der Waals surface area contributed by atoms with E-state index in [1.54, 1.807) is 0 Å². The van der Waals surface area contributed by atoms with Crippen LogP contribution in [0.5, 0.6) is 11.6 Å². The quantitative estimate of drug-likeness (QED) is 0.155. The lowest BCUT2D eigenvalue weighted by molar-refractivity contribution is 0.0890. The summed E-state index contributed by atoms with van der Waals surface area (Å²) in [5.74, 6) is 1.63. The smallest absolute Gasteiger partial charge is 0.280 e. The van der Waals surface area contributed by atoms with Crippen molar-refractivity contribution in [1.82, 2.24) is 35.7 Å². The van der Waals surface area contributed by atoms with Crippen molar-refractivity contribution in [2.24, 2.45) is 0 Å². The largest absolute Gasteiger partial charge is 0.438 e. The highest BCUT2D eigenvalue weighted by Gasteiger charge is 2.27. The zero-order valence-electron chi connectivity index (χ0n) is 31.3. The molecule has 0 radical (unpaired) electrons. The number of rotatable bonds is 11. The number of hydrogen-bond acceptors (Lipinski definition) is 10.